The van der Waals surface area contributed by atoms with Crippen LogP contribution in [0.1, 0.15) is 19.3 Å². The number of hydrogen-bond donors (Lipinski definition) is 3. The molecule has 6 heteroatoms. The average molecular weight is 246 g/mol. The zero-order valence-corrected chi connectivity index (χ0v) is 9.54. The second-order valence-corrected chi connectivity index (χ2v) is 5.39. The number of hydrogen-bond acceptors (Lipinski definition) is 6. The van der Waals surface area contributed by atoms with E-state index in [9.17, 15) is 15.3 Å². The molecule has 3 aliphatic rings. The SMILES string of the molecule is OC(O)(O)C(CC1CO1)(CC1CO1)CC1CO1. The third-order valence-corrected chi connectivity index (χ3v) is 3.77. The van der Waals surface area contributed by atoms with E-state index in [0.29, 0.717) is 39.1 Å². The highest BCUT2D eigenvalue weighted by atomic mass is 16.7. The fourth-order valence-electron chi connectivity index (χ4n) is 2.53. The molecule has 6 nitrogen and oxygen atoms in total. The van der Waals surface area contributed by atoms with Crippen molar-refractivity contribution in [3.8, 4) is 0 Å². The number of rotatable bonds is 7. The van der Waals surface area contributed by atoms with Crippen LogP contribution >= 0.6 is 0 Å². The molecule has 3 rings (SSSR count). The summed E-state index contributed by atoms with van der Waals surface area (Å²) in [4.78, 5) is 0. The third kappa shape index (κ3) is 2.78. The summed E-state index contributed by atoms with van der Waals surface area (Å²) in [6.45, 7) is 1.86. The van der Waals surface area contributed by atoms with Crippen molar-refractivity contribution in [3.05, 3.63) is 0 Å². The molecule has 3 fully saturated rings. The molecule has 0 saturated carbocycles. The first-order chi connectivity index (χ1) is 7.98. The van der Waals surface area contributed by atoms with Gasteiger partial charge in [0.25, 0.3) is 5.97 Å². The second-order valence-electron chi connectivity index (χ2n) is 5.39. The average Bonchev–Trinajstić information content (AvgIpc) is 3.06. The van der Waals surface area contributed by atoms with Gasteiger partial charge in [-0.15, -0.1) is 0 Å². The van der Waals surface area contributed by atoms with Crippen molar-refractivity contribution in [1.29, 1.82) is 0 Å². The second kappa shape index (κ2) is 3.88. The van der Waals surface area contributed by atoms with Gasteiger partial charge in [-0.25, -0.2) is 0 Å². The minimum Gasteiger partial charge on any atom is -0.373 e. The molecule has 0 bridgehead atoms. The third-order valence-electron chi connectivity index (χ3n) is 3.77. The summed E-state index contributed by atoms with van der Waals surface area (Å²) in [5.41, 5.74) is -1.02. The van der Waals surface area contributed by atoms with Crippen molar-refractivity contribution in [3.63, 3.8) is 0 Å². The fraction of sp³-hybridized carbons (Fsp3) is 1.00. The summed E-state index contributed by atoms with van der Waals surface area (Å²) >= 11 is 0. The van der Waals surface area contributed by atoms with Crippen LogP contribution in [0.3, 0.4) is 0 Å². The summed E-state index contributed by atoms with van der Waals surface area (Å²) < 4.78 is 15.4. The highest BCUT2D eigenvalue weighted by Gasteiger charge is 2.56. The van der Waals surface area contributed by atoms with E-state index in [-0.39, 0.29) is 18.3 Å². The van der Waals surface area contributed by atoms with Crippen molar-refractivity contribution in [1.82, 2.24) is 0 Å². The number of epoxide rings is 3. The maximum Gasteiger partial charge on any atom is 0.281 e. The van der Waals surface area contributed by atoms with Crippen LogP contribution in [0.25, 0.3) is 0 Å². The summed E-state index contributed by atoms with van der Waals surface area (Å²) in [7, 11) is 0. The summed E-state index contributed by atoms with van der Waals surface area (Å²) in [6, 6.07) is 0. The van der Waals surface area contributed by atoms with Crippen molar-refractivity contribution in [2.24, 2.45) is 5.41 Å². The molecule has 0 amide bonds. The van der Waals surface area contributed by atoms with Gasteiger partial charge in [0.05, 0.1) is 43.5 Å². The maximum atomic E-state index is 9.70. The number of aliphatic hydroxyl groups is 3. The van der Waals surface area contributed by atoms with Gasteiger partial charge in [-0.3, -0.25) is 0 Å². The Balaban J connectivity index is 1.76. The highest BCUT2D eigenvalue weighted by Crippen LogP contribution is 2.48. The van der Waals surface area contributed by atoms with Crippen molar-refractivity contribution >= 4 is 0 Å². The van der Waals surface area contributed by atoms with E-state index < -0.39 is 11.4 Å². The van der Waals surface area contributed by atoms with Gasteiger partial charge in [-0.1, -0.05) is 0 Å². The van der Waals surface area contributed by atoms with Crippen LogP contribution in [0, 0.1) is 5.41 Å². The first kappa shape index (κ1) is 11.8. The Morgan fingerprint density at radius 3 is 1.24 bits per heavy atom. The lowest BCUT2D eigenvalue weighted by atomic mass is 9.73. The summed E-state index contributed by atoms with van der Waals surface area (Å²) in [6.07, 6.45) is 1.32. The lowest BCUT2D eigenvalue weighted by Gasteiger charge is -2.39. The van der Waals surface area contributed by atoms with Crippen LogP contribution in [-0.4, -0.2) is 59.4 Å². The smallest absolute Gasteiger partial charge is 0.281 e. The molecule has 0 spiro atoms. The quantitative estimate of drug-likeness (QED) is 0.392. The zero-order chi connectivity index (χ0) is 12.1. The van der Waals surface area contributed by atoms with Crippen LogP contribution in [0.4, 0.5) is 0 Å². The Morgan fingerprint density at radius 1 is 0.765 bits per heavy atom. The molecule has 98 valence electrons. The molecule has 3 saturated heterocycles. The molecule has 0 aromatic heterocycles. The molecule has 3 aliphatic heterocycles. The standard InChI is InChI=1S/C11H18O6/c12-11(13,14)10(1-7-4-15-7,2-8-5-16-8)3-9-6-17-9/h7-9,12-14H,1-6H2. The van der Waals surface area contributed by atoms with Gasteiger partial charge in [0.15, 0.2) is 0 Å². The van der Waals surface area contributed by atoms with Gasteiger partial charge in [-0.05, 0) is 19.3 Å². The van der Waals surface area contributed by atoms with Gasteiger partial charge in [0.2, 0.25) is 0 Å². The monoisotopic (exact) mass is 246 g/mol. The maximum absolute atomic E-state index is 9.70. The Kier molecular flexibility index (Phi) is 2.70. The predicted molar refractivity (Wildman–Crippen MR) is 54.9 cm³/mol. The Morgan fingerprint density at radius 2 is 1.06 bits per heavy atom. The molecule has 0 radical (unpaired) electrons. The molecule has 3 atom stereocenters. The van der Waals surface area contributed by atoms with Crippen LogP contribution < -0.4 is 0 Å². The molecule has 17 heavy (non-hydrogen) atoms. The molecule has 0 aliphatic carbocycles. The molecular weight excluding hydrogens is 228 g/mol. The summed E-state index contributed by atoms with van der Waals surface area (Å²) in [5.74, 6) is -2.71. The van der Waals surface area contributed by atoms with E-state index in [4.69, 9.17) is 14.2 Å². The van der Waals surface area contributed by atoms with Gasteiger partial charge >= 0.3 is 0 Å². The van der Waals surface area contributed by atoms with E-state index in [2.05, 4.69) is 0 Å². The topological polar surface area (TPSA) is 98.3 Å². The lowest BCUT2D eigenvalue weighted by Crippen LogP contribution is -2.51. The van der Waals surface area contributed by atoms with Crippen molar-refractivity contribution in [2.45, 2.75) is 43.5 Å². The molecule has 0 aromatic carbocycles. The minimum absolute atomic E-state index is 0.0123. The zero-order valence-electron chi connectivity index (χ0n) is 9.54. The first-order valence-electron chi connectivity index (χ1n) is 6.00. The van der Waals surface area contributed by atoms with Gasteiger partial charge in [0, 0.05) is 0 Å². The van der Waals surface area contributed by atoms with Gasteiger partial charge in [-0.2, -0.15) is 0 Å². The van der Waals surface area contributed by atoms with E-state index >= 15 is 0 Å². The molecular formula is C11H18O6. The van der Waals surface area contributed by atoms with E-state index in [1.807, 2.05) is 0 Å². The van der Waals surface area contributed by atoms with Gasteiger partial charge < -0.3 is 29.5 Å². The largest absolute Gasteiger partial charge is 0.373 e. The van der Waals surface area contributed by atoms with Crippen LogP contribution in [0.15, 0.2) is 0 Å². The van der Waals surface area contributed by atoms with Gasteiger partial charge in [0.1, 0.15) is 0 Å². The van der Waals surface area contributed by atoms with Crippen LogP contribution in [0.5, 0.6) is 0 Å². The first-order valence-corrected chi connectivity index (χ1v) is 6.00. The fourth-order valence-corrected chi connectivity index (χ4v) is 2.53. The normalized spacial score (nSPS) is 38.6. The molecule has 0 aromatic rings. The highest BCUT2D eigenvalue weighted by molar-refractivity contribution is 4.97. The van der Waals surface area contributed by atoms with Crippen molar-refractivity contribution in [2.75, 3.05) is 19.8 Å². The van der Waals surface area contributed by atoms with E-state index in [0.717, 1.165) is 0 Å². The minimum atomic E-state index is -2.71. The van der Waals surface area contributed by atoms with Crippen LogP contribution in [-0.2, 0) is 14.2 Å². The van der Waals surface area contributed by atoms with Crippen molar-refractivity contribution < 1.29 is 29.5 Å². The Hall–Kier alpha value is -0.240. The predicted octanol–water partition coefficient (Wildman–Crippen LogP) is -1.03. The molecule has 3 unspecified atom stereocenters. The summed E-state index contributed by atoms with van der Waals surface area (Å²) in [5, 5.41) is 29.1. The number of ether oxygens (including phenoxy) is 3. The van der Waals surface area contributed by atoms with E-state index in [1.54, 1.807) is 0 Å². The lowest BCUT2D eigenvalue weighted by molar-refractivity contribution is -0.381. The molecule has 3 heterocycles. The Labute approximate surface area is 99.1 Å². The molecule has 3 N–H and O–H groups in total. The van der Waals surface area contributed by atoms with E-state index in [1.165, 1.54) is 0 Å². The van der Waals surface area contributed by atoms with Crippen LogP contribution in [0.2, 0.25) is 0 Å². The Bertz CT molecular complexity index is 251.